The first-order valence-corrected chi connectivity index (χ1v) is 10.2. The van der Waals surface area contributed by atoms with Gasteiger partial charge in [0, 0.05) is 32.3 Å². The fraction of sp³-hybridized carbons (Fsp3) is 0.391. The number of benzene rings is 2. The van der Waals surface area contributed by atoms with Gasteiger partial charge in [-0.15, -0.1) is 0 Å². The van der Waals surface area contributed by atoms with Crippen LogP contribution in [-0.4, -0.2) is 47.4 Å². The Balaban J connectivity index is 1.23. The molecule has 3 aromatic rings. The van der Waals surface area contributed by atoms with Crippen molar-refractivity contribution in [2.75, 3.05) is 20.2 Å². The number of rotatable bonds is 9. The van der Waals surface area contributed by atoms with Crippen molar-refractivity contribution >= 4 is 0 Å². The molecule has 1 aliphatic heterocycles. The quantitative estimate of drug-likeness (QED) is 0.530. The molecule has 0 amide bonds. The van der Waals surface area contributed by atoms with Crippen LogP contribution in [0.5, 0.6) is 11.5 Å². The van der Waals surface area contributed by atoms with Crippen LogP contribution in [0.2, 0.25) is 0 Å². The maximum absolute atomic E-state index is 6.07. The summed E-state index contributed by atoms with van der Waals surface area (Å²) in [5, 5.41) is 3.97. The van der Waals surface area contributed by atoms with Crippen molar-refractivity contribution in [3.05, 3.63) is 60.0 Å². The second-order valence-corrected chi connectivity index (χ2v) is 7.71. The first-order chi connectivity index (χ1) is 14.6. The zero-order valence-electron chi connectivity index (χ0n) is 17.6. The Morgan fingerprint density at radius 2 is 1.73 bits per heavy atom. The van der Waals surface area contributed by atoms with Gasteiger partial charge < -0.3 is 18.7 Å². The molecule has 0 aliphatic carbocycles. The third-order valence-corrected chi connectivity index (χ3v) is 4.78. The van der Waals surface area contributed by atoms with Crippen LogP contribution in [0.15, 0.2) is 53.1 Å². The highest BCUT2D eigenvalue weighted by atomic mass is 16.5. The summed E-state index contributed by atoms with van der Waals surface area (Å²) in [5.74, 6) is 2.77. The molecule has 7 nitrogen and oxygen atoms in total. The van der Waals surface area contributed by atoms with Crippen LogP contribution in [0.1, 0.15) is 25.3 Å². The predicted molar refractivity (Wildman–Crippen MR) is 112 cm³/mol. The van der Waals surface area contributed by atoms with Gasteiger partial charge in [0.15, 0.2) is 0 Å². The molecule has 0 unspecified atom stereocenters. The second kappa shape index (κ2) is 9.28. The van der Waals surface area contributed by atoms with Gasteiger partial charge in [0.2, 0.25) is 5.82 Å². The fourth-order valence-corrected chi connectivity index (χ4v) is 3.36. The minimum atomic E-state index is 0.193. The van der Waals surface area contributed by atoms with Gasteiger partial charge in [-0.25, -0.2) is 0 Å². The number of methoxy groups -OCH3 is 1. The zero-order valence-corrected chi connectivity index (χ0v) is 17.6. The van der Waals surface area contributed by atoms with Gasteiger partial charge in [-0.05, 0) is 55.8 Å². The van der Waals surface area contributed by atoms with E-state index < -0.39 is 0 Å². The summed E-state index contributed by atoms with van der Waals surface area (Å²) in [6.07, 6.45) is 0.399. The van der Waals surface area contributed by atoms with E-state index in [9.17, 15) is 0 Å². The van der Waals surface area contributed by atoms with Crippen molar-refractivity contribution in [2.45, 2.75) is 39.2 Å². The van der Waals surface area contributed by atoms with E-state index in [1.54, 1.807) is 7.11 Å². The number of nitrogens with zero attached hydrogens (tertiary/aromatic N) is 3. The minimum Gasteiger partial charge on any atom is -0.491 e. The molecular formula is C23H27N3O4. The lowest BCUT2D eigenvalue weighted by Gasteiger charge is -2.39. The number of ether oxygens (including phenoxy) is 3. The lowest BCUT2D eigenvalue weighted by atomic mass is 10.1. The molecule has 0 bridgehead atoms. The van der Waals surface area contributed by atoms with Gasteiger partial charge in [0.1, 0.15) is 24.2 Å². The number of hydrogen-bond donors (Lipinski definition) is 0. The molecule has 1 aliphatic rings. The van der Waals surface area contributed by atoms with Crippen LogP contribution in [0.4, 0.5) is 0 Å². The molecule has 0 spiro atoms. The van der Waals surface area contributed by atoms with E-state index in [1.165, 1.54) is 5.56 Å². The minimum absolute atomic E-state index is 0.193. The van der Waals surface area contributed by atoms with Crippen molar-refractivity contribution in [3.8, 4) is 22.9 Å². The highest BCUT2D eigenvalue weighted by Crippen LogP contribution is 2.24. The second-order valence-electron chi connectivity index (χ2n) is 7.71. The lowest BCUT2D eigenvalue weighted by molar-refractivity contribution is 0.0146. The van der Waals surface area contributed by atoms with Gasteiger partial charge in [0.25, 0.3) is 5.89 Å². The Labute approximate surface area is 176 Å². The van der Waals surface area contributed by atoms with Crippen molar-refractivity contribution in [2.24, 2.45) is 0 Å². The van der Waals surface area contributed by atoms with Gasteiger partial charge in [-0.1, -0.05) is 17.3 Å². The Morgan fingerprint density at radius 1 is 1.03 bits per heavy atom. The number of likely N-dealkylation sites (tertiary alicyclic amines) is 1. The molecule has 1 fully saturated rings. The Bertz CT molecular complexity index is 932. The third kappa shape index (κ3) is 5.17. The molecular weight excluding hydrogens is 382 g/mol. The average molecular weight is 409 g/mol. The fourth-order valence-electron chi connectivity index (χ4n) is 3.36. The van der Waals surface area contributed by atoms with Crippen LogP contribution in [0.25, 0.3) is 11.4 Å². The molecule has 158 valence electrons. The van der Waals surface area contributed by atoms with Gasteiger partial charge >= 0.3 is 0 Å². The van der Waals surface area contributed by atoms with Crippen LogP contribution in [0.3, 0.4) is 0 Å². The molecule has 1 saturated heterocycles. The third-order valence-electron chi connectivity index (χ3n) is 4.78. The topological polar surface area (TPSA) is 69.9 Å². The highest BCUT2D eigenvalue weighted by molar-refractivity contribution is 5.55. The van der Waals surface area contributed by atoms with Gasteiger partial charge in [-0.3, -0.25) is 4.90 Å². The molecule has 1 aromatic heterocycles. The predicted octanol–water partition coefficient (Wildman–Crippen LogP) is 3.93. The van der Waals surface area contributed by atoms with Crippen LogP contribution >= 0.6 is 0 Å². The number of hydrogen-bond acceptors (Lipinski definition) is 7. The van der Waals surface area contributed by atoms with E-state index >= 15 is 0 Å². The Hall–Kier alpha value is -2.90. The highest BCUT2D eigenvalue weighted by Gasteiger charge is 2.28. The SMILES string of the molecule is COCc1nc(-c2ccc(OC3CN(Cc4ccc(OC(C)C)cc4)C3)cc2)no1. The summed E-state index contributed by atoms with van der Waals surface area (Å²) in [4.78, 5) is 6.67. The standard InChI is InChI=1S/C23H27N3O4/c1-16(2)28-19-8-4-17(5-9-19)12-26-13-21(14-26)29-20-10-6-18(7-11-20)23-24-22(15-27-3)30-25-23/h4-11,16,21H,12-15H2,1-3H3. The first-order valence-electron chi connectivity index (χ1n) is 10.2. The lowest BCUT2D eigenvalue weighted by Crippen LogP contribution is -2.53. The molecule has 0 N–H and O–H groups in total. The van der Waals surface area contributed by atoms with Crippen molar-refractivity contribution < 1.29 is 18.7 Å². The van der Waals surface area contributed by atoms with Crippen molar-refractivity contribution in [1.29, 1.82) is 0 Å². The van der Waals surface area contributed by atoms with Crippen LogP contribution in [-0.2, 0) is 17.9 Å². The molecule has 30 heavy (non-hydrogen) atoms. The molecule has 2 aromatic carbocycles. The van der Waals surface area contributed by atoms with Crippen LogP contribution < -0.4 is 9.47 Å². The summed E-state index contributed by atoms with van der Waals surface area (Å²) in [6, 6.07) is 16.1. The van der Waals surface area contributed by atoms with E-state index in [4.69, 9.17) is 18.7 Å². The smallest absolute Gasteiger partial charge is 0.252 e. The molecule has 0 saturated carbocycles. The molecule has 4 rings (SSSR count). The summed E-state index contributed by atoms with van der Waals surface area (Å²) >= 11 is 0. The Kier molecular flexibility index (Phi) is 6.30. The zero-order chi connectivity index (χ0) is 20.9. The van der Waals surface area contributed by atoms with E-state index in [-0.39, 0.29) is 12.2 Å². The summed E-state index contributed by atoms with van der Waals surface area (Å²) < 4.78 is 21.9. The van der Waals surface area contributed by atoms with E-state index in [2.05, 4.69) is 27.2 Å². The van der Waals surface area contributed by atoms with E-state index in [0.717, 1.165) is 36.7 Å². The first kappa shape index (κ1) is 20.4. The summed E-state index contributed by atoms with van der Waals surface area (Å²) in [7, 11) is 1.59. The maximum atomic E-state index is 6.07. The Morgan fingerprint density at radius 3 is 2.40 bits per heavy atom. The number of aromatic nitrogens is 2. The largest absolute Gasteiger partial charge is 0.491 e. The molecule has 0 radical (unpaired) electrons. The van der Waals surface area contributed by atoms with Gasteiger partial charge in [0.05, 0.1) is 6.10 Å². The summed E-state index contributed by atoms with van der Waals surface area (Å²) in [5.41, 5.74) is 2.16. The summed E-state index contributed by atoms with van der Waals surface area (Å²) in [6.45, 7) is 7.12. The van der Waals surface area contributed by atoms with E-state index in [1.807, 2.05) is 50.2 Å². The van der Waals surface area contributed by atoms with Crippen molar-refractivity contribution in [1.82, 2.24) is 15.0 Å². The van der Waals surface area contributed by atoms with Gasteiger partial charge in [-0.2, -0.15) is 4.98 Å². The molecule has 7 heteroatoms. The van der Waals surface area contributed by atoms with Crippen molar-refractivity contribution in [3.63, 3.8) is 0 Å². The molecule has 2 heterocycles. The van der Waals surface area contributed by atoms with E-state index in [0.29, 0.717) is 18.3 Å². The monoisotopic (exact) mass is 409 g/mol. The normalized spacial score (nSPS) is 14.7. The average Bonchev–Trinajstić information content (AvgIpc) is 3.17. The maximum Gasteiger partial charge on any atom is 0.252 e. The van der Waals surface area contributed by atoms with Crippen LogP contribution in [0, 0.1) is 0 Å². The molecule has 0 atom stereocenters.